The zero-order chi connectivity index (χ0) is 14.7. The molecular formula is C14H18N6O. The van der Waals surface area contributed by atoms with Crippen molar-refractivity contribution in [3.63, 3.8) is 0 Å². The zero-order valence-corrected chi connectivity index (χ0v) is 11.6. The van der Waals surface area contributed by atoms with E-state index in [-0.39, 0.29) is 17.9 Å². The van der Waals surface area contributed by atoms with Gasteiger partial charge in [-0.3, -0.25) is 4.79 Å². The first-order chi connectivity index (χ1) is 10.2. The second kappa shape index (κ2) is 6.01. The maximum Gasteiger partial charge on any atom is 0.227 e. The summed E-state index contributed by atoms with van der Waals surface area (Å²) in [6.07, 6.45) is 8.21. The number of nitrogens with one attached hydrogen (secondary N) is 1. The number of hydrogen-bond donors (Lipinski definition) is 2. The summed E-state index contributed by atoms with van der Waals surface area (Å²) in [5.74, 6) is 0.770. The standard InChI is InChI=1S/C14H18N6O/c15-11-3-1-10(2-4-11)14(21)19-12-5-6-13(17-7-12)20-9-16-8-18-20/h5-11H,1-4,15H2,(H,19,21). The Balaban J connectivity index is 1.61. The Kier molecular flexibility index (Phi) is 3.92. The summed E-state index contributed by atoms with van der Waals surface area (Å²) in [5.41, 5.74) is 6.55. The quantitative estimate of drug-likeness (QED) is 0.881. The Labute approximate surface area is 122 Å². The van der Waals surface area contributed by atoms with Crippen LogP contribution in [-0.2, 0) is 4.79 Å². The van der Waals surface area contributed by atoms with E-state index in [1.54, 1.807) is 23.3 Å². The fraction of sp³-hybridized carbons (Fsp3) is 0.429. The number of amides is 1. The minimum absolute atomic E-state index is 0.0530. The molecule has 0 spiro atoms. The van der Waals surface area contributed by atoms with Crippen LogP contribution in [0.15, 0.2) is 31.0 Å². The van der Waals surface area contributed by atoms with Gasteiger partial charge in [-0.1, -0.05) is 0 Å². The molecule has 0 saturated heterocycles. The third-order valence-corrected chi connectivity index (χ3v) is 3.81. The number of carbonyl (C=O) groups excluding carboxylic acids is 1. The molecule has 1 amide bonds. The number of nitrogens with two attached hydrogens (primary N) is 1. The van der Waals surface area contributed by atoms with Gasteiger partial charge in [0, 0.05) is 12.0 Å². The molecule has 1 saturated carbocycles. The molecule has 7 nitrogen and oxygen atoms in total. The van der Waals surface area contributed by atoms with Crippen molar-refractivity contribution in [3.8, 4) is 5.82 Å². The van der Waals surface area contributed by atoms with E-state index >= 15 is 0 Å². The molecule has 0 aliphatic heterocycles. The molecule has 0 aromatic carbocycles. The van der Waals surface area contributed by atoms with Crippen LogP contribution in [0, 0.1) is 5.92 Å². The van der Waals surface area contributed by atoms with E-state index < -0.39 is 0 Å². The lowest BCUT2D eigenvalue weighted by atomic mass is 9.86. The predicted octanol–water partition coefficient (Wildman–Crippen LogP) is 1.12. The summed E-state index contributed by atoms with van der Waals surface area (Å²) in [6.45, 7) is 0. The van der Waals surface area contributed by atoms with E-state index in [4.69, 9.17) is 5.73 Å². The Bertz CT molecular complexity index is 586. The first-order valence-electron chi connectivity index (χ1n) is 7.10. The van der Waals surface area contributed by atoms with Crippen LogP contribution in [0.5, 0.6) is 0 Å². The van der Waals surface area contributed by atoms with E-state index in [9.17, 15) is 4.79 Å². The molecule has 0 radical (unpaired) electrons. The summed E-state index contributed by atoms with van der Waals surface area (Å²) >= 11 is 0. The number of aromatic nitrogens is 4. The van der Waals surface area contributed by atoms with E-state index in [0.29, 0.717) is 11.5 Å². The van der Waals surface area contributed by atoms with E-state index in [2.05, 4.69) is 20.4 Å². The largest absolute Gasteiger partial charge is 0.328 e. The van der Waals surface area contributed by atoms with Crippen molar-refractivity contribution in [2.24, 2.45) is 11.7 Å². The summed E-state index contributed by atoms with van der Waals surface area (Å²) < 4.78 is 1.56. The lowest BCUT2D eigenvalue weighted by Crippen LogP contribution is -2.32. The third kappa shape index (κ3) is 3.25. The van der Waals surface area contributed by atoms with E-state index in [1.165, 1.54) is 6.33 Å². The number of carbonyl (C=O) groups is 1. The number of rotatable bonds is 3. The first kappa shape index (κ1) is 13.7. The fourth-order valence-electron chi connectivity index (χ4n) is 2.55. The first-order valence-corrected chi connectivity index (χ1v) is 7.10. The SMILES string of the molecule is NC1CCC(C(=O)Nc2ccc(-n3cncn3)nc2)CC1. The minimum Gasteiger partial charge on any atom is -0.328 e. The van der Waals surface area contributed by atoms with Gasteiger partial charge in [-0.15, -0.1) is 0 Å². The van der Waals surface area contributed by atoms with Crippen LogP contribution in [0.4, 0.5) is 5.69 Å². The molecule has 2 aromatic heterocycles. The van der Waals surface area contributed by atoms with Crippen molar-refractivity contribution in [1.82, 2.24) is 19.7 Å². The van der Waals surface area contributed by atoms with Gasteiger partial charge in [-0.05, 0) is 37.8 Å². The van der Waals surface area contributed by atoms with Gasteiger partial charge in [-0.25, -0.2) is 14.6 Å². The summed E-state index contributed by atoms with van der Waals surface area (Å²) in [7, 11) is 0. The minimum atomic E-state index is 0.0530. The van der Waals surface area contributed by atoms with E-state index in [0.717, 1.165) is 25.7 Å². The Morgan fingerprint density at radius 2 is 2.10 bits per heavy atom. The van der Waals surface area contributed by atoms with Crippen molar-refractivity contribution in [2.45, 2.75) is 31.7 Å². The number of nitrogens with zero attached hydrogens (tertiary/aromatic N) is 4. The van der Waals surface area contributed by atoms with Crippen molar-refractivity contribution in [2.75, 3.05) is 5.32 Å². The van der Waals surface area contributed by atoms with Crippen LogP contribution in [-0.4, -0.2) is 31.7 Å². The molecule has 3 rings (SSSR count). The molecule has 2 heterocycles. The molecule has 0 atom stereocenters. The highest BCUT2D eigenvalue weighted by Crippen LogP contribution is 2.24. The normalized spacial score (nSPS) is 22.0. The zero-order valence-electron chi connectivity index (χ0n) is 11.6. The van der Waals surface area contributed by atoms with Crippen LogP contribution >= 0.6 is 0 Å². The van der Waals surface area contributed by atoms with Crippen molar-refractivity contribution >= 4 is 11.6 Å². The Hall–Kier alpha value is -2.28. The number of pyridine rings is 1. The Morgan fingerprint density at radius 1 is 1.29 bits per heavy atom. The molecule has 0 bridgehead atoms. The van der Waals surface area contributed by atoms with Crippen molar-refractivity contribution < 1.29 is 4.79 Å². The molecule has 21 heavy (non-hydrogen) atoms. The summed E-state index contributed by atoms with van der Waals surface area (Å²) in [5, 5.41) is 6.91. The highest BCUT2D eigenvalue weighted by atomic mass is 16.1. The van der Waals surface area contributed by atoms with Gasteiger partial charge >= 0.3 is 0 Å². The molecule has 1 aliphatic carbocycles. The summed E-state index contributed by atoms with van der Waals surface area (Å²) in [6, 6.07) is 3.86. The van der Waals surface area contributed by atoms with Gasteiger partial charge in [0.05, 0.1) is 11.9 Å². The third-order valence-electron chi connectivity index (χ3n) is 3.81. The average Bonchev–Trinajstić information content (AvgIpc) is 3.03. The van der Waals surface area contributed by atoms with Gasteiger partial charge in [0.2, 0.25) is 5.91 Å². The molecule has 1 fully saturated rings. The second-order valence-corrected chi connectivity index (χ2v) is 5.35. The van der Waals surface area contributed by atoms with Crippen LogP contribution in [0.25, 0.3) is 5.82 Å². The van der Waals surface area contributed by atoms with Crippen molar-refractivity contribution in [1.29, 1.82) is 0 Å². The van der Waals surface area contributed by atoms with Crippen molar-refractivity contribution in [3.05, 3.63) is 31.0 Å². The highest BCUT2D eigenvalue weighted by Gasteiger charge is 2.24. The maximum atomic E-state index is 12.2. The maximum absolute atomic E-state index is 12.2. The average molecular weight is 286 g/mol. The molecular weight excluding hydrogens is 268 g/mol. The summed E-state index contributed by atoms with van der Waals surface area (Å²) in [4.78, 5) is 20.3. The van der Waals surface area contributed by atoms with Gasteiger partial charge in [0.25, 0.3) is 0 Å². The van der Waals surface area contributed by atoms with Gasteiger partial charge < -0.3 is 11.1 Å². The number of anilines is 1. The van der Waals surface area contributed by atoms with Crippen LogP contribution in [0.2, 0.25) is 0 Å². The van der Waals surface area contributed by atoms with E-state index in [1.807, 2.05) is 6.07 Å². The predicted molar refractivity (Wildman–Crippen MR) is 77.7 cm³/mol. The smallest absolute Gasteiger partial charge is 0.227 e. The van der Waals surface area contributed by atoms with Gasteiger partial charge in [0.1, 0.15) is 12.7 Å². The van der Waals surface area contributed by atoms with Gasteiger partial charge in [-0.2, -0.15) is 5.10 Å². The lowest BCUT2D eigenvalue weighted by Gasteiger charge is -2.25. The fourth-order valence-corrected chi connectivity index (χ4v) is 2.55. The highest BCUT2D eigenvalue weighted by molar-refractivity contribution is 5.92. The molecule has 7 heteroatoms. The molecule has 3 N–H and O–H groups in total. The topological polar surface area (TPSA) is 98.7 Å². The molecule has 0 unspecified atom stereocenters. The molecule has 2 aromatic rings. The Morgan fingerprint density at radius 3 is 2.71 bits per heavy atom. The monoisotopic (exact) mass is 286 g/mol. The lowest BCUT2D eigenvalue weighted by molar-refractivity contribution is -0.120. The van der Waals surface area contributed by atoms with Crippen LogP contribution in [0.3, 0.4) is 0 Å². The van der Waals surface area contributed by atoms with Crippen LogP contribution < -0.4 is 11.1 Å². The van der Waals surface area contributed by atoms with Crippen LogP contribution in [0.1, 0.15) is 25.7 Å². The van der Waals surface area contributed by atoms with Gasteiger partial charge in [0.15, 0.2) is 5.82 Å². The second-order valence-electron chi connectivity index (χ2n) is 5.35. The molecule has 1 aliphatic rings. The molecule has 110 valence electrons. The number of hydrogen-bond acceptors (Lipinski definition) is 5.